The molecule has 1 saturated heterocycles. The van der Waals surface area contributed by atoms with E-state index in [1.807, 2.05) is 0 Å². The highest BCUT2D eigenvalue weighted by molar-refractivity contribution is 5.89. The van der Waals surface area contributed by atoms with Gasteiger partial charge in [0, 0.05) is 13.1 Å². The Morgan fingerprint density at radius 1 is 1.40 bits per heavy atom. The van der Waals surface area contributed by atoms with E-state index in [9.17, 15) is 14.7 Å². The molecule has 1 aliphatic heterocycles. The van der Waals surface area contributed by atoms with Gasteiger partial charge < -0.3 is 20.5 Å². The fourth-order valence-corrected chi connectivity index (χ4v) is 2.11. The number of ether oxygens (including phenoxy) is 1. The molecule has 0 aliphatic carbocycles. The van der Waals surface area contributed by atoms with Crippen molar-refractivity contribution in [2.75, 3.05) is 13.7 Å². The fraction of sp³-hybridized carbons (Fsp3) is 0.429. The molecule has 2 unspecified atom stereocenters. The summed E-state index contributed by atoms with van der Waals surface area (Å²) in [5.41, 5.74) is 1.37. The largest absolute Gasteiger partial charge is 0.465 e. The summed E-state index contributed by atoms with van der Waals surface area (Å²) in [5, 5.41) is 15.1. The molecule has 2 atom stereocenters. The molecule has 6 heteroatoms. The number of carbonyl (C=O) groups excluding carboxylic acids is 2. The predicted octanol–water partition coefficient (Wildman–Crippen LogP) is -0.188. The van der Waals surface area contributed by atoms with Gasteiger partial charge in [-0.2, -0.15) is 0 Å². The van der Waals surface area contributed by atoms with Gasteiger partial charge in [-0.15, -0.1) is 0 Å². The van der Waals surface area contributed by atoms with Crippen molar-refractivity contribution < 1.29 is 19.4 Å². The summed E-state index contributed by atoms with van der Waals surface area (Å²) in [4.78, 5) is 23.1. The minimum absolute atomic E-state index is 0.126. The van der Waals surface area contributed by atoms with Gasteiger partial charge in [0.2, 0.25) is 5.91 Å². The Balaban J connectivity index is 1.85. The van der Waals surface area contributed by atoms with Crippen LogP contribution in [0.2, 0.25) is 0 Å². The van der Waals surface area contributed by atoms with E-state index >= 15 is 0 Å². The molecule has 0 radical (unpaired) electrons. The Labute approximate surface area is 117 Å². The number of esters is 1. The maximum atomic E-state index is 11.8. The van der Waals surface area contributed by atoms with Crippen LogP contribution in [0.1, 0.15) is 22.3 Å². The third-order valence-electron chi connectivity index (χ3n) is 3.27. The van der Waals surface area contributed by atoms with Crippen LogP contribution in [0.3, 0.4) is 0 Å². The second kappa shape index (κ2) is 6.49. The molecule has 1 aromatic rings. The summed E-state index contributed by atoms with van der Waals surface area (Å²) in [7, 11) is 1.33. The van der Waals surface area contributed by atoms with Gasteiger partial charge in [-0.1, -0.05) is 12.1 Å². The number of amides is 1. The first kappa shape index (κ1) is 14.5. The number of aliphatic hydroxyl groups excluding tert-OH is 1. The van der Waals surface area contributed by atoms with Crippen LogP contribution < -0.4 is 10.6 Å². The van der Waals surface area contributed by atoms with Gasteiger partial charge >= 0.3 is 5.97 Å². The monoisotopic (exact) mass is 278 g/mol. The van der Waals surface area contributed by atoms with Crippen LogP contribution in [0, 0.1) is 0 Å². The molecule has 3 N–H and O–H groups in total. The van der Waals surface area contributed by atoms with E-state index in [0.717, 1.165) is 5.56 Å². The number of nitrogens with one attached hydrogen (secondary N) is 2. The number of β-amino-alcohol motifs (C(OH)–C–C–N with tert-alkyl or cyclic N) is 1. The molecule has 1 aliphatic rings. The van der Waals surface area contributed by atoms with Crippen LogP contribution in [0.5, 0.6) is 0 Å². The number of benzene rings is 1. The molecular weight excluding hydrogens is 260 g/mol. The molecule has 0 saturated carbocycles. The quantitative estimate of drug-likeness (QED) is 0.665. The smallest absolute Gasteiger partial charge is 0.337 e. The van der Waals surface area contributed by atoms with E-state index in [0.29, 0.717) is 25.1 Å². The summed E-state index contributed by atoms with van der Waals surface area (Å²) in [6.07, 6.45) is -0.0160. The number of rotatable bonds is 4. The maximum absolute atomic E-state index is 11.8. The summed E-state index contributed by atoms with van der Waals surface area (Å²) in [6.45, 7) is 0.834. The Hall–Kier alpha value is -1.92. The molecule has 0 aromatic heterocycles. The van der Waals surface area contributed by atoms with Crippen LogP contribution in [0.4, 0.5) is 0 Å². The average Bonchev–Trinajstić information content (AvgIpc) is 2.91. The van der Waals surface area contributed by atoms with Crippen molar-refractivity contribution in [3.63, 3.8) is 0 Å². The first-order chi connectivity index (χ1) is 9.60. The van der Waals surface area contributed by atoms with Crippen molar-refractivity contribution in [1.82, 2.24) is 10.6 Å². The first-order valence-electron chi connectivity index (χ1n) is 6.46. The number of carbonyl (C=O) groups is 2. The van der Waals surface area contributed by atoms with Crippen LogP contribution >= 0.6 is 0 Å². The third-order valence-corrected chi connectivity index (χ3v) is 3.27. The van der Waals surface area contributed by atoms with E-state index < -0.39 is 6.10 Å². The van der Waals surface area contributed by atoms with Gasteiger partial charge in [-0.05, 0) is 24.1 Å². The zero-order chi connectivity index (χ0) is 14.5. The minimum Gasteiger partial charge on any atom is -0.465 e. The van der Waals surface area contributed by atoms with E-state index in [1.165, 1.54) is 7.11 Å². The highest BCUT2D eigenvalue weighted by atomic mass is 16.5. The van der Waals surface area contributed by atoms with Crippen molar-refractivity contribution in [2.45, 2.75) is 25.1 Å². The minimum atomic E-state index is -0.454. The zero-order valence-electron chi connectivity index (χ0n) is 11.3. The molecule has 6 nitrogen and oxygen atoms in total. The molecule has 1 heterocycles. The summed E-state index contributed by atoms with van der Waals surface area (Å²) in [6, 6.07) is 6.52. The lowest BCUT2D eigenvalue weighted by Gasteiger charge is -2.11. The van der Waals surface area contributed by atoms with Gasteiger partial charge in [0.25, 0.3) is 0 Å². The normalized spacial score (nSPS) is 21.5. The lowest BCUT2D eigenvalue weighted by Crippen LogP contribution is -2.40. The Kier molecular flexibility index (Phi) is 4.70. The lowest BCUT2D eigenvalue weighted by atomic mass is 10.1. The highest BCUT2D eigenvalue weighted by Crippen LogP contribution is 2.08. The summed E-state index contributed by atoms with van der Waals surface area (Å²) >= 11 is 0. The van der Waals surface area contributed by atoms with Gasteiger partial charge in [-0.3, -0.25) is 4.79 Å². The summed E-state index contributed by atoms with van der Waals surface area (Å²) in [5.74, 6) is -0.511. The third kappa shape index (κ3) is 3.55. The van der Waals surface area contributed by atoms with Crippen LogP contribution in [0.15, 0.2) is 24.3 Å². The summed E-state index contributed by atoms with van der Waals surface area (Å²) < 4.78 is 4.61. The molecule has 20 heavy (non-hydrogen) atoms. The SMILES string of the molecule is COC(=O)c1ccc(CNC(=O)C2CC(O)CN2)cc1. The van der Waals surface area contributed by atoms with Crippen LogP contribution in [0.25, 0.3) is 0 Å². The van der Waals surface area contributed by atoms with Crippen LogP contribution in [-0.4, -0.2) is 42.8 Å². The van der Waals surface area contributed by atoms with Gasteiger partial charge in [-0.25, -0.2) is 4.79 Å². The fourth-order valence-electron chi connectivity index (χ4n) is 2.11. The van der Waals surface area contributed by atoms with E-state index in [2.05, 4.69) is 15.4 Å². The topological polar surface area (TPSA) is 87.7 Å². The lowest BCUT2D eigenvalue weighted by molar-refractivity contribution is -0.123. The first-order valence-corrected chi connectivity index (χ1v) is 6.46. The van der Waals surface area contributed by atoms with Crippen molar-refractivity contribution in [2.24, 2.45) is 0 Å². The Morgan fingerprint density at radius 3 is 2.65 bits per heavy atom. The van der Waals surface area contributed by atoms with Crippen molar-refractivity contribution >= 4 is 11.9 Å². The number of methoxy groups -OCH3 is 1. The molecule has 108 valence electrons. The van der Waals surface area contributed by atoms with Crippen LogP contribution in [-0.2, 0) is 16.1 Å². The Morgan fingerprint density at radius 2 is 2.10 bits per heavy atom. The highest BCUT2D eigenvalue weighted by Gasteiger charge is 2.27. The van der Waals surface area contributed by atoms with Gasteiger partial charge in [0.15, 0.2) is 0 Å². The van der Waals surface area contributed by atoms with Crippen molar-refractivity contribution in [1.29, 1.82) is 0 Å². The number of hydrogen-bond acceptors (Lipinski definition) is 5. The van der Waals surface area contributed by atoms with E-state index in [1.54, 1.807) is 24.3 Å². The number of aliphatic hydroxyl groups is 1. The molecule has 1 fully saturated rings. The van der Waals surface area contributed by atoms with Gasteiger partial charge in [0.05, 0.1) is 24.8 Å². The molecule has 1 aromatic carbocycles. The van der Waals surface area contributed by atoms with Crippen molar-refractivity contribution in [3.05, 3.63) is 35.4 Å². The molecular formula is C14H18N2O4. The molecule has 0 spiro atoms. The van der Waals surface area contributed by atoms with Gasteiger partial charge in [0.1, 0.15) is 0 Å². The molecule has 0 bridgehead atoms. The average molecular weight is 278 g/mol. The maximum Gasteiger partial charge on any atom is 0.337 e. The molecule has 2 rings (SSSR count). The number of hydrogen-bond donors (Lipinski definition) is 3. The second-order valence-corrected chi connectivity index (χ2v) is 4.76. The molecule has 1 amide bonds. The standard InChI is InChI=1S/C14H18N2O4/c1-20-14(19)10-4-2-9(3-5-10)7-16-13(18)12-6-11(17)8-15-12/h2-5,11-12,15,17H,6-8H2,1H3,(H,16,18). The Bertz CT molecular complexity index is 486. The van der Waals surface area contributed by atoms with E-state index in [4.69, 9.17) is 0 Å². The van der Waals surface area contributed by atoms with E-state index in [-0.39, 0.29) is 17.9 Å². The predicted molar refractivity (Wildman–Crippen MR) is 72.0 cm³/mol. The second-order valence-electron chi connectivity index (χ2n) is 4.76. The zero-order valence-corrected chi connectivity index (χ0v) is 11.3. The van der Waals surface area contributed by atoms with Crippen molar-refractivity contribution in [3.8, 4) is 0 Å².